The maximum Gasteiger partial charge on any atom is 0.343 e. The van der Waals surface area contributed by atoms with Crippen molar-refractivity contribution in [2.45, 2.75) is 6.42 Å². The van der Waals surface area contributed by atoms with Crippen LogP contribution in [0.1, 0.15) is 5.56 Å². The Bertz CT molecular complexity index is 751. The number of fused-ring (bicyclic) bond motifs is 1. The quantitative estimate of drug-likeness (QED) is 0.621. The van der Waals surface area contributed by atoms with Gasteiger partial charge in [-0.3, -0.25) is 10.1 Å². The number of ether oxygens (including phenoxy) is 1. The molecule has 7 heteroatoms. The molecule has 102 valence electrons. The van der Waals surface area contributed by atoms with Gasteiger partial charge < -0.3 is 9.15 Å². The second-order valence-electron chi connectivity index (χ2n) is 4.24. The van der Waals surface area contributed by atoms with E-state index in [-0.39, 0.29) is 5.69 Å². The summed E-state index contributed by atoms with van der Waals surface area (Å²) in [5, 5.41) is 10.6. The number of rotatable bonds is 2. The SMILES string of the molecule is O=c1oc(-c2ccc([N+](=O)[O-])cc2)c(Br)c2c1CCO2. The molecule has 0 N–H and O–H groups in total. The number of non-ortho nitro benzene ring substituents is 1. The van der Waals surface area contributed by atoms with Gasteiger partial charge in [-0.05, 0) is 28.1 Å². The number of benzene rings is 1. The van der Waals surface area contributed by atoms with E-state index in [0.717, 1.165) is 0 Å². The number of hydrogen-bond donors (Lipinski definition) is 0. The van der Waals surface area contributed by atoms with Crippen molar-refractivity contribution in [2.75, 3.05) is 6.61 Å². The molecule has 2 heterocycles. The van der Waals surface area contributed by atoms with Crippen LogP contribution in [0.3, 0.4) is 0 Å². The van der Waals surface area contributed by atoms with E-state index in [9.17, 15) is 14.9 Å². The third kappa shape index (κ3) is 2.00. The van der Waals surface area contributed by atoms with E-state index < -0.39 is 10.5 Å². The summed E-state index contributed by atoms with van der Waals surface area (Å²) in [5.41, 5.74) is 0.624. The number of nitro benzene ring substituents is 1. The highest BCUT2D eigenvalue weighted by molar-refractivity contribution is 9.10. The van der Waals surface area contributed by atoms with E-state index in [1.165, 1.54) is 24.3 Å². The van der Waals surface area contributed by atoms with Crippen molar-refractivity contribution < 1.29 is 14.1 Å². The number of halogens is 1. The molecule has 0 saturated carbocycles. The Morgan fingerprint density at radius 2 is 1.95 bits per heavy atom. The summed E-state index contributed by atoms with van der Waals surface area (Å²) < 4.78 is 11.3. The fourth-order valence-electron chi connectivity index (χ4n) is 2.07. The fourth-order valence-corrected chi connectivity index (χ4v) is 2.73. The molecule has 0 aliphatic carbocycles. The molecule has 0 unspecified atom stereocenters. The van der Waals surface area contributed by atoms with E-state index >= 15 is 0 Å². The molecule has 1 aromatic carbocycles. The Labute approximate surface area is 121 Å². The lowest BCUT2D eigenvalue weighted by Gasteiger charge is -2.07. The lowest BCUT2D eigenvalue weighted by atomic mass is 10.1. The van der Waals surface area contributed by atoms with Gasteiger partial charge in [0.25, 0.3) is 5.69 Å². The van der Waals surface area contributed by atoms with E-state index in [1.54, 1.807) is 0 Å². The van der Waals surface area contributed by atoms with Gasteiger partial charge in [-0.1, -0.05) is 0 Å². The van der Waals surface area contributed by atoms with E-state index in [2.05, 4.69) is 15.9 Å². The molecule has 0 atom stereocenters. The molecule has 0 fully saturated rings. The van der Waals surface area contributed by atoms with Gasteiger partial charge >= 0.3 is 5.63 Å². The number of hydrogen-bond acceptors (Lipinski definition) is 5. The number of nitro groups is 1. The summed E-state index contributed by atoms with van der Waals surface area (Å²) in [6, 6.07) is 5.77. The number of nitrogens with zero attached hydrogens (tertiary/aromatic N) is 1. The maximum absolute atomic E-state index is 11.9. The topological polar surface area (TPSA) is 82.6 Å². The first-order valence-corrected chi connectivity index (χ1v) is 6.60. The van der Waals surface area contributed by atoms with Crippen LogP contribution in [0, 0.1) is 10.1 Å². The first-order valence-electron chi connectivity index (χ1n) is 5.81. The van der Waals surface area contributed by atoms with Crippen molar-refractivity contribution in [3.63, 3.8) is 0 Å². The molecular formula is C13H8BrNO5. The Balaban J connectivity index is 2.13. The van der Waals surface area contributed by atoms with Crippen molar-refractivity contribution in [3.05, 3.63) is 54.8 Å². The van der Waals surface area contributed by atoms with Crippen molar-refractivity contribution in [1.82, 2.24) is 0 Å². The summed E-state index contributed by atoms with van der Waals surface area (Å²) in [6.45, 7) is 0.447. The monoisotopic (exact) mass is 337 g/mol. The van der Waals surface area contributed by atoms with Crippen LogP contribution in [0.25, 0.3) is 11.3 Å². The zero-order chi connectivity index (χ0) is 14.3. The average Bonchev–Trinajstić information content (AvgIpc) is 2.93. The van der Waals surface area contributed by atoms with Crippen LogP contribution in [0.15, 0.2) is 37.9 Å². The smallest absolute Gasteiger partial charge is 0.343 e. The third-order valence-electron chi connectivity index (χ3n) is 3.05. The van der Waals surface area contributed by atoms with Crippen LogP contribution in [-0.2, 0) is 6.42 Å². The third-order valence-corrected chi connectivity index (χ3v) is 3.77. The van der Waals surface area contributed by atoms with Gasteiger partial charge in [0.2, 0.25) is 0 Å². The Morgan fingerprint density at radius 1 is 1.25 bits per heavy atom. The molecule has 0 radical (unpaired) electrons. The second-order valence-corrected chi connectivity index (χ2v) is 5.04. The van der Waals surface area contributed by atoms with Gasteiger partial charge in [-0.2, -0.15) is 0 Å². The highest BCUT2D eigenvalue weighted by Gasteiger charge is 2.24. The summed E-state index contributed by atoms with van der Waals surface area (Å²) in [4.78, 5) is 22.0. The zero-order valence-electron chi connectivity index (χ0n) is 10.1. The van der Waals surface area contributed by atoms with Gasteiger partial charge in [-0.25, -0.2) is 4.79 Å². The minimum Gasteiger partial charge on any atom is -0.491 e. The molecule has 0 bridgehead atoms. The molecular weight excluding hydrogens is 330 g/mol. The first-order chi connectivity index (χ1) is 9.58. The van der Waals surface area contributed by atoms with E-state index in [1.807, 2.05) is 0 Å². The van der Waals surface area contributed by atoms with Crippen molar-refractivity contribution in [1.29, 1.82) is 0 Å². The van der Waals surface area contributed by atoms with Crippen LogP contribution >= 0.6 is 15.9 Å². The van der Waals surface area contributed by atoms with Crippen LogP contribution in [0.4, 0.5) is 5.69 Å². The van der Waals surface area contributed by atoms with Gasteiger partial charge in [0.15, 0.2) is 5.76 Å². The van der Waals surface area contributed by atoms with E-state index in [0.29, 0.717) is 40.1 Å². The molecule has 2 aromatic rings. The van der Waals surface area contributed by atoms with Gasteiger partial charge in [-0.15, -0.1) is 0 Å². The summed E-state index contributed by atoms with van der Waals surface area (Å²) in [7, 11) is 0. The molecule has 6 nitrogen and oxygen atoms in total. The van der Waals surface area contributed by atoms with Crippen LogP contribution < -0.4 is 10.4 Å². The predicted octanol–water partition coefficient (Wildman–Crippen LogP) is 2.91. The normalized spacial score (nSPS) is 12.8. The Morgan fingerprint density at radius 3 is 2.60 bits per heavy atom. The average molecular weight is 338 g/mol. The largest absolute Gasteiger partial charge is 0.491 e. The minimum absolute atomic E-state index is 0.0235. The minimum atomic E-state index is -0.485. The van der Waals surface area contributed by atoms with Crippen molar-refractivity contribution in [2.24, 2.45) is 0 Å². The van der Waals surface area contributed by atoms with Gasteiger partial charge in [0.1, 0.15) is 10.2 Å². The Kier molecular flexibility index (Phi) is 3.06. The maximum atomic E-state index is 11.9. The van der Waals surface area contributed by atoms with Gasteiger partial charge in [0.05, 0.1) is 17.1 Å². The Hall–Kier alpha value is -2.15. The van der Waals surface area contributed by atoms with Crippen LogP contribution in [0.5, 0.6) is 5.75 Å². The molecule has 1 aromatic heterocycles. The fraction of sp³-hybridized carbons (Fsp3) is 0.154. The first kappa shape index (κ1) is 12.9. The molecule has 1 aliphatic heterocycles. The molecule has 0 saturated heterocycles. The van der Waals surface area contributed by atoms with Crippen LogP contribution in [0.2, 0.25) is 0 Å². The van der Waals surface area contributed by atoms with Crippen molar-refractivity contribution >= 4 is 21.6 Å². The molecule has 0 spiro atoms. The summed E-state index contributed by atoms with van der Waals surface area (Å²) in [5.74, 6) is 0.806. The molecule has 3 rings (SSSR count). The van der Waals surface area contributed by atoms with Crippen LogP contribution in [-0.4, -0.2) is 11.5 Å². The van der Waals surface area contributed by atoms with Crippen molar-refractivity contribution in [3.8, 4) is 17.1 Å². The molecule has 20 heavy (non-hydrogen) atoms. The molecule has 1 aliphatic rings. The predicted molar refractivity (Wildman–Crippen MR) is 74.0 cm³/mol. The lowest BCUT2D eigenvalue weighted by molar-refractivity contribution is -0.384. The highest BCUT2D eigenvalue weighted by atomic mass is 79.9. The second kappa shape index (κ2) is 4.75. The summed E-state index contributed by atoms with van der Waals surface area (Å²) in [6.07, 6.45) is 0.525. The molecule has 0 amide bonds. The highest BCUT2D eigenvalue weighted by Crippen LogP contribution is 2.39. The van der Waals surface area contributed by atoms with E-state index in [4.69, 9.17) is 9.15 Å². The zero-order valence-corrected chi connectivity index (χ0v) is 11.7. The summed E-state index contributed by atoms with van der Waals surface area (Å²) >= 11 is 3.36. The lowest BCUT2D eigenvalue weighted by Crippen LogP contribution is -2.05. The standard InChI is InChI=1S/C13H8BrNO5/c14-10-11(7-1-3-8(4-2-7)15(17)18)20-13(16)9-5-6-19-12(9)10/h1-4H,5-6H2. The van der Waals surface area contributed by atoms with Gasteiger partial charge in [0, 0.05) is 24.1 Å².